The fraction of sp³-hybridized carbons (Fsp3) is 0.261. The Morgan fingerprint density at radius 1 is 1.03 bits per heavy atom. The van der Waals surface area contributed by atoms with Crippen molar-refractivity contribution in [2.24, 2.45) is 0 Å². The molecule has 0 unspecified atom stereocenters. The van der Waals surface area contributed by atoms with Gasteiger partial charge in [0.1, 0.15) is 15.6 Å². The molecular formula is C23H25N3O3S. The quantitative estimate of drug-likeness (QED) is 0.589. The molecule has 3 rings (SSSR count). The smallest absolute Gasteiger partial charge is 0.267 e. The molecule has 0 atom stereocenters. The Hall–Kier alpha value is -3.19. The van der Waals surface area contributed by atoms with Gasteiger partial charge in [-0.3, -0.25) is 9.59 Å². The van der Waals surface area contributed by atoms with Crippen molar-refractivity contribution in [3.8, 4) is 16.3 Å². The average molecular weight is 424 g/mol. The van der Waals surface area contributed by atoms with Gasteiger partial charge in [-0.05, 0) is 69.3 Å². The fourth-order valence-electron chi connectivity index (χ4n) is 3.04. The van der Waals surface area contributed by atoms with Crippen molar-refractivity contribution < 1.29 is 14.3 Å². The molecule has 0 bridgehead atoms. The van der Waals surface area contributed by atoms with E-state index in [1.54, 1.807) is 36.3 Å². The van der Waals surface area contributed by atoms with E-state index in [1.807, 2.05) is 45.0 Å². The Kier molecular flexibility index (Phi) is 6.84. The molecule has 30 heavy (non-hydrogen) atoms. The molecular weight excluding hydrogens is 398 g/mol. The molecule has 1 heterocycles. The number of rotatable bonds is 7. The van der Waals surface area contributed by atoms with Crippen molar-refractivity contribution in [3.05, 3.63) is 64.7 Å². The number of nitrogens with zero attached hydrogens (tertiary/aromatic N) is 2. The van der Waals surface area contributed by atoms with Gasteiger partial charge in [-0.2, -0.15) is 0 Å². The van der Waals surface area contributed by atoms with Crippen LogP contribution in [0.3, 0.4) is 0 Å². The van der Waals surface area contributed by atoms with Crippen LogP contribution in [0, 0.1) is 6.92 Å². The predicted octanol–water partition coefficient (Wildman–Crippen LogP) is 4.86. The van der Waals surface area contributed by atoms with E-state index in [4.69, 9.17) is 4.74 Å². The number of methoxy groups -OCH3 is 1. The molecule has 7 heteroatoms. The van der Waals surface area contributed by atoms with E-state index >= 15 is 0 Å². The largest absolute Gasteiger partial charge is 0.497 e. The highest BCUT2D eigenvalue weighted by Crippen LogP contribution is 2.29. The number of thiazole rings is 1. The number of aromatic nitrogens is 1. The third kappa shape index (κ3) is 4.68. The van der Waals surface area contributed by atoms with E-state index in [-0.39, 0.29) is 11.8 Å². The Morgan fingerprint density at radius 2 is 1.67 bits per heavy atom. The minimum absolute atomic E-state index is 0.0136. The Balaban J connectivity index is 1.73. The second-order valence-electron chi connectivity index (χ2n) is 6.67. The van der Waals surface area contributed by atoms with Crippen LogP contribution in [0.5, 0.6) is 5.75 Å². The number of aryl methyl sites for hydroxylation is 1. The lowest BCUT2D eigenvalue weighted by Gasteiger charge is -2.18. The van der Waals surface area contributed by atoms with Gasteiger partial charge >= 0.3 is 0 Å². The summed E-state index contributed by atoms with van der Waals surface area (Å²) in [4.78, 5) is 32.0. The molecule has 2 aromatic carbocycles. The summed E-state index contributed by atoms with van der Waals surface area (Å²) in [6.45, 7) is 7.05. The van der Waals surface area contributed by atoms with E-state index in [2.05, 4.69) is 10.3 Å². The summed E-state index contributed by atoms with van der Waals surface area (Å²) in [5.74, 6) is 0.542. The molecule has 0 saturated carbocycles. The van der Waals surface area contributed by atoms with Crippen LogP contribution in [-0.2, 0) is 0 Å². The van der Waals surface area contributed by atoms with Gasteiger partial charge in [0.15, 0.2) is 0 Å². The second kappa shape index (κ2) is 9.54. The number of amides is 2. The van der Waals surface area contributed by atoms with Gasteiger partial charge in [0.2, 0.25) is 0 Å². The van der Waals surface area contributed by atoms with Crippen LogP contribution in [-0.4, -0.2) is 41.9 Å². The van der Waals surface area contributed by atoms with Crippen LogP contribution in [0.15, 0.2) is 48.5 Å². The number of benzene rings is 2. The zero-order valence-electron chi connectivity index (χ0n) is 17.6. The summed E-state index contributed by atoms with van der Waals surface area (Å²) < 4.78 is 5.18. The summed E-state index contributed by atoms with van der Waals surface area (Å²) in [6.07, 6.45) is 0. The van der Waals surface area contributed by atoms with E-state index in [0.29, 0.717) is 34.9 Å². The van der Waals surface area contributed by atoms with Crippen LogP contribution < -0.4 is 10.1 Å². The van der Waals surface area contributed by atoms with E-state index in [9.17, 15) is 9.59 Å². The molecule has 0 aliphatic rings. The summed E-state index contributed by atoms with van der Waals surface area (Å²) in [7, 11) is 1.62. The van der Waals surface area contributed by atoms with Crippen molar-refractivity contribution in [1.29, 1.82) is 0 Å². The first-order chi connectivity index (χ1) is 14.5. The van der Waals surface area contributed by atoms with Gasteiger partial charge in [0, 0.05) is 29.9 Å². The summed E-state index contributed by atoms with van der Waals surface area (Å²) >= 11 is 1.35. The first-order valence-electron chi connectivity index (χ1n) is 9.79. The molecule has 0 saturated heterocycles. The maximum absolute atomic E-state index is 12.8. The van der Waals surface area contributed by atoms with E-state index in [0.717, 1.165) is 16.3 Å². The molecule has 2 amide bonds. The van der Waals surface area contributed by atoms with Gasteiger partial charge in [0.25, 0.3) is 11.8 Å². The number of carbonyl (C=O) groups excluding carboxylic acids is 2. The van der Waals surface area contributed by atoms with Crippen LogP contribution >= 0.6 is 11.3 Å². The number of nitrogens with one attached hydrogen (secondary N) is 1. The minimum Gasteiger partial charge on any atom is -0.497 e. The highest BCUT2D eigenvalue weighted by molar-refractivity contribution is 7.17. The number of anilines is 1. The van der Waals surface area contributed by atoms with Crippen LogP contribution in [0.1, 0.15) is 39.6 Å². The van der Waals surface area contributed by atoms with Crippen molar-refractivity contribution in [3.63, 3.8) is 0 Å². The third-order valence-electron chi connectivity index (χ3n) is 4.78. The fourth-order valence-corrected chi connectivity index (χ4v) is 4.01. The molecule has 0 spiro atoms. The van der Waals surface area contributed by atoms with Crippen molar-refractivity contribution in [2.45, 2.75) is 20.8 Å². The molecule has 0 fully saturated rings. The van der Waals surface area contributed by atoms with Crippen molar-refractivity contribution in [2.75, 3.05) is 25.5 Å². The van der Waals surface area contributed by atoms with Crippen molar-refractivity contribution >= 4 is 28.8 Å². The maximum Gasteiger partial charge on any atom is 0.267 e. The number of carbonyl (C=O) groups is 2. The molecule has 0 radical (unpaired) electrons. The van der Waals surface area contributed by atoms with Gasteiger partial charge < -0.3 is 15.0 Å². The first kappa shape index (κ1) is 21.5. The Morgan fingerprint density at radius 3 is 2.23 bits per heavy atom. The number of hydrogen-bond acceptors (Lipinski definition) is 5. The molecule has 1 aromatic heterocycles. The highest BCUT2D eigenvalue weighted by Gasteiger charge is 2.17. The van der Waals surface area contributed by atoms with E-state index < -0.39 is 0 Å². The minimum atomic E-state index is -0.215. The Labute approximate surface area is 180 Å². The number of ether oxygens (including phenoxy) is 1. The first-order valence-corrected chi connectivity index (χ1v) is 10.6. The van der Waals surface area contributed by atoms with Crippen LogP contribution in [0.25, 0.3) is 10.6 Å². The highest BCUT2D eigenvalue weighted by atomic mass is 32.1. The lowest BCUT2D eigenvalue weighted by Crippen LogP contribution is -2.30. The lowest BCUT2D eigenvalue weighted by molar-refractivity contribution is 0.0773. The molecule has 156 valence electrons. The predicted molar refractivity (Wildman–Crippen MR) is 120 cm³/mol. The van der Waals surface area contributed by atoms with Crippen molar-refractivity contribution in [1.82, 2.24) is 9.88 Å². The molecule has 3 aromatic rings. The van der Waals surface area contributed by atoms with Gasteiger partial charge in [-0.15, -0.1) is 11.3 Å². The normalized spacial score (nSPS) is 10.5. The third-order valence-corrected chi connectivity index (χ3v) is 5.99. The summed E-state index contributed by atoms with van der Waals surface area (Å²) in [5, 5.41) is 3.67. The van der Waals surface area contributed by atoms with Gasteiger partial charge in [-0.25, -0.2) is 4.98 Å². The number of hydrogen-bond donors (Lipinski definition) is 1. The summed E-state index contributed by atoms with van der Waals surface area (Å²) in [6, 6.07) is 14.5. The van der Waals surface area contributed by atoms with Gasteiger partial charge in [0.05, 0.1) is 12.8 Å². The lowest BCUT2D eigenvalue weighted by atomic mass is 10.1. The second-order valence-corrected chi connectivity index (χ2v) is 7.67. The summed E-state index contributed by atoms with van der Waals surface area (Å²) in [5.41, 5.74) is 2.85. The topological polar surface area (TPSA) is 71.5 Å². The zero-order chi connectivity index (χ0) is 21.7. The SMILES string of the molecule is CCN(CC)C(=O)c1ccc(NC(=O)c2sc(-c3ccc(OC)cc3)nc2C)cc1. The van der Waals surface area contributed by atoms with E-state index in [1.165, 1.54) is 11.3 Å². The van der Waals surface area contributed by atoms with Crippen LogP contribution in [0.2, 0.25) is 0 Å². The molecule has 6 nitrogen and oxygen atoms in total. The standard InChI is InChI=1S/C23H25N3O3S/c1-5-26(6-2)23(28)17-7-11-18(12-8-17)25-21(27)20-15(3)24-22(30-20)16-9-13-19(29-4)14-10-16/h7-14H,5-6H2,1-4H3,(H,25,27). The van der Waals surface area contributed by atoms with Gasteiger partial charge in [-0.1, -0.05) is 0 Å². The average Bonchev–Trinajstić information content (AvgIpc) is 3.17. The maximum atomic E-state index is 12.8. The van der Waals surface area contributed by atoms with Crippen LogP contribution in [0.4, 0.5) is 5.69 Å². The Bertz CT molecular complexity index is 1020. The monoisotopic (exact) mass is 423 g/mol. The molecule has 0 aliphatic carbocycles. The zero-order valence-corrected chi connectivity index (χ0v) is 18.4. The molecule has 0 aliphatic heterocycles. The molecule has 1 N–H and O–H groups in total.